The predicted molar refractivity (Wildman–Crippen MR) is 59.5 cm³/mol. The first-order valence-electron chi connectivity index (χ1n) is 5.57. The lowest BCUT2D eigenvalue weighted by molar-refractivity contribution is 0.0886. The van der Waals surface area contributed by atoms with E-state index in [1.54, 1.807) is 6.20 Å². The number of aliphatic hydroxyl groups is 1. The Hall–Kier alpha value is -0.930. The lowest BCUT2D eigenvalue weighted by Gasteiger charge is -2.27. The predicted octanol–water partition coefficient (Wildman–Crippen LogP) is 1.42. The van der Waals surface area contributed by atoms with Crippen molar-refractivity contribution in [2.75, 3.05) is 13.1 Å². The van der Waals surface area contributed by atoms with Crippen molar-refractivity contribution >= 4 is 0 Å². The third-order valence-corrected chi connectivity index (χ3v) is 3.07. The highest BCUT2D eigenvalue weighted by molar-refractivity contribution is 5.19. The van der Waals surface area contributed by atoms with E-state index in [9.17, 15) is 5.11 Å². The van der Waals surface area contributed by atoms with Gasteiger partial charge < -0.3 is 10.4 Å². The molecular weight excluding hydrogens is 188 g/mol. The van der Waals surface area contributed by atoms with Gasteiger partial charge in [0.25, 0.3) is 0 Å². The van der Waals surface area contributed by atoms with Gasteiger partial charge in [0.2, 0.25) is 0 Å². The van der Waals surface area contributed by atoms with Crippen LogP contribution in [0, 0.1) is 12.8 Å². The second kappa shape index (κ2) is 4.73. The second-order valence-electron chi connectivity index (χ2n) is 4.33. The Labute approximate surface area is 90.5 Å². The van der Waals surface area contributed by atoms with Crippen molar-refractivity contribution in [1.82, 2.24) is 10.3 Å². The number of hydrogen-bond donors (Lipinski definition) is 2. The number of nitrogens with zero attached hydrogens (tertiary/aromatic N) is 1. The molecule has 2 rings (SSSR count). The third-order valence-electron chi connectivity index (χ3n) is 3.07. The monoisotopic (exact) mass is 206 g/mol. The number of aryl methyl sites for hydroxylation is 1. The zero-order chi connectivity index (χ0) is 10.7. The van der Waals surface area contributed by atoms with E-state index in [0.29, 0.717) is 5.92 Å². The van der Waals surface area contributed by atoms with Gasteiger partial charge >= 0.3 is 0 Å². The molecule has 1 aromatic rings. The highest BCUT2D eigenvalue weighted by Gasteiger charge is 2.22. The van der Waals surface area contributed by atoms with E-state index in [1.165, 1.54) is 0 Å². The fourth-order valence-corrected chi connectivity index (χ4v) is 2.17. The first kappa shape index (κ1) is 10.6. The smallest absolute Gasteiger partial charge is 0.0834 e. The molecule has 0 aromatic carbocycles. The molecule has 1 unspecified atom stereocenters. The molecule has 0 radical (unpaired) electrons. The molecule has 15 heavy (non-hydrogen) atoms. The molecule has 0 saturated carbocycles. The van der Waals surface area contributed by atoms with Crippen LogP contribution >= 0.6 is 0 Å². The highest BCUT2D eigenvalue weighted by atomic mass is 16.3. The Kier molecular flexibility index (Phi) is 3.34. The molecule has 2 N–H and O–H groups in total. The number of pyridine rings is 1. The molecule has 1 atom stereocenters. The van der Waals surface area contributed by atoms with E-state index < -0.39 is 0 Å². The lowest BCUT2D eigenvalue weighted by atomic mass is 9.88. The Bertz CT molecular complexity index is 321. The first-order valence-corrected chi connectivity index (χ1v) is 5.57. The maximum atomic E-state index is 10.2. The van der Waals surface area contributed by atoms with Crippen molar-refractivity contribution in [1.29, 1.82) is 0 Å². The zero-order valence-electron chi connectivity index (χ0n) is 9.11. The van der Waals surface area contributed by atoms with Gasteiger partial charge in [0, 0.05) is 12.4 Å². The summed E-state index contributed by atoms with van der Waals surface area (Å²) in [7, 11) is 0. The van der Waals surface area contributed by atoms with Gasteiger partial charge in [-0.25, -0.2) is 0 Å². The number of aromatic nitrogens is 1. The van der Waals surface area contributed by atoms with Crippen LogP contribution < -0.4 is 5.32 Å². The summed E-state index contributed by atoms with van der Waals surface area (Å²) < 4.78 is 0. The molecule has 1 aliphatic rings. The molecule has 0 aliphatic carbocycles. The quantitative estimate of drug-likeness (QED) is 0.769. The van der Waals surface area contributed by atoms with Gasteiger partial charge in [-0.05, 0) is 49.9 Å². The summed E-state index contributed by atoms with van der Waals surface area (Å²) in [5.74, 6) is 0.384. The summed E-state index contributed by atoms with van der Waals surface area (Å²) in [6.45, 7) is 4.04. The SMILES string of the molecule is Cc1cncc(C(O)C2CCNCC2)c1. The summed E-state index contributed by atoms with van der Waals surface area (Å²) in [6, 6.07) is 2.03. The van der Waals surface area contributed by atoms with E-state index >= 15 is 0 Å². The van der Waals surface area contributed by atoms with Crippen molar-refractivity contribution in [3.05, 3.63) is 29.6 Å². The van der Waals surface area contributed by atoms with Crippen molar-refractivity contribution < 1.29 is 5.11 Å². The minimum Gasteiger partial charge on any atom is -0.388 e. The van der Waals surface area contributed by atoms with Gasteiger partial charge in [0.15, 0.2) is 0 Å². The van der Waals surface area contributed by atoms with Gasteiger partial charge in [-0.3, -0.25) is 4.98 Å². The number of nitrogens with one attached hydrogen (secondary N) is 1. The van der Waals surface area contributed by atoms with Gasteiger partial charge in [-0.15, -0.1) is 0 Å². The Morgan fingerprint density at radius 2 is 2.13 bits per heavy atom. The molecule has 1 saturated heterocycles. The molecule has 1 aromatic heterocycles. The van der Waals surface area contributed by atoms with E-state index in [0.717, 1.165) is 37.1 Å². The summed E-state index contributed by atoms with van der Waals surface area (Å²) in [5.41, 5.74) is 2.07. The van der Waals surface area contributed by atoms with Crippen LogP contribution in [0.5, 0.6) is 0 Å². The first-order chi connectivity index (χ1) is 7.27. The molecule has 2 heterocycles. The molecule has 1 aliphatic heterocycles. The van der Waals surface area contributed by atoms with E-state index in [4.69, 9.17) is 0 Å². The fourth-order valence-electron chi connectivity index (χ4n) is 2.17. The lowest BCUT2D eigenvalue weighted by Crippen LogP contribution is -2.30. The Morgan fingerprint density at radius 1 is 1.40 bits per heavy atom. The van der Waals surface area contributed by atoms with Crippen molar-refractivity contribution in [2.24, 2.45) is 5.92 Å². The van der Waals surface area contributed by atoms with E-state index in [-0.39, 0.29) is 6.10 Å². The van der Waals surface area contributed by atoms with Crippen LogP contribution in [-0.2, 0) is 0 Å². The topological polar surface area (TPSA) is 45.2 Å². The third kappa shape index (κ3) is 2.55. The maximum absolute atomic E-state index is 10.2. The average molecular weight is 206 g/mol. The highest BCUT2D eigenvalue weighted by Crippen LogP contribution is 2.28. The van der Waals surface area contributed by atoms with Gasteiger partial charge in [-0.1, -0.05) is 6.07 Å². The maximum Gasteiger partial charge on any atom is 0.0834 e. The van der Waals surface area contributed by atoms with Crippen LogP contribution in [0.4, 0.5) is 0 Å². The summed E-state index contributed by atoms with van der Waals surface area (Å²) >= 11 is 0. The van der Waals surface area contributed by atoms with Crippen LogP contribution in [0.1, 0.15) is 30.1 Å². The zero-order valence-corrected chi connectivity index (χ0v) is 9.11. The van der Waals surface area contributed by atoms with Gasteiger partial charge in [-0.2, -0.15) is 0 Å². The van der Waals surface area contributed by atoms with Crippen LogP contribution in [0.3, 0.4) is 0 Å². The standard InChI is InChI=1S/C12H18N2O/c1-9-6-11(8-14-7-9)12(15)10-2-4-13-5-3-10/h6-8,10,12-13,15H,2-5H2,1H3. The minimum atomic E-state index is -0.348. The molecule has 3 heteroatoms. The largest absolute Gasteiger partial charge is 0.388 e. The summed E-state index contributed by atoms with van der Waals surface area (Å²) in [6.07, 6.45) is 5.35. The van der Waals surface area contributed by atoms with E-state index in [2.05, 4.69) is 10.3 Å². The van der Waals surface area contributed by atoms with Crippen LogP contribution in [0.25, 0.3) is 0 Å². The van der Waals surface area contributed by atoms with Gasteiger partial charge in [0.05, 0.1) is 6.10 Å². The van der Waals surface area contributed by atoms with Crippen LogP contribution in [0.2, 0.25) is 0 Å². The molecule has 0 spiro atoms. The number of rotatable bonds is 2. The van der Waals surface area contributed by atoms with Crippen LogP contribution in [-0.4, -0.2) is 23.2 Å². The van der Waals surface area contributed by atoms with Crippen molar-refractivity contribution in [3.8, 4) is 0 Å². The van der Waals surface area contributed by atoms with Crippen LogP contribution in [0.15, 0.2) is 18.5 Å². The molecular formula is C12H18N2O. The molecule has 0 amide bonds. The van der Waals surface area contributed by atoms with Crippen molar-refractivity contribution in [3.63, 3.8) is 0 Å². The molecule has 0 bridgehead atoms. The summed E-state index contributed by atoms with van der Waals surface area (Å²) in [4.78, 5) is 4.12. The number of hydrogen-bond acceptors (Lipinski definition) is 3. The van der Waals surface area contributed by atoms with E-state index in [1.807, 2.05) is 19.2 Å². The average Bonchev–Trinajstić information content (AvgIpc) is 2.29. The molecule has 82 valence electrons. The minimum absolute atomic E-state index is 0.348. The number of aliphatic hydroxyl groups excluding tert-OH is 1. The second-order valence-corrected chi connectivity index (χ2v) is 4.33. The Morgan fingerprint density at radius 3 is 2.80 bits per heavy atom. The Balaban J connectivity index is 2.08. The molecule has 3 nitrogen and oxygen atoms in total. The fraction of sp³-hybridized carbons (Fsp3) is 0.583. The summed E-state index contributed by atoms with van der Waals surface area (Å²) in [5, 5.41) is 13.5. The molecule has 1 fully saturated rings. The normalized spacial score (nSPS) is 20.1. The van der Waals surface area contributed by atoms with Gasteiger partial charge in [0.1, 0.15) is 0 Å². The number of piperidine rings is 1. The van der Waals surface area contributed by atoms with Crippen molar-refractivity contribution in [2.45, 2.75) is 25.9 Å².